The van der Waals surface area contributed by atoms with Crippen LogP contribution in [0.15, 0.2) is 70.3 Å². The highest BCUT2D eigenvalue weighted by atomic mass is 35.5. The topological polar surface area (TPSA) is 92.8 Å². The average Bonchev–Trinajstić information content (AvgIpc) is 3.62. The number of methoxy groups -OCH3 is 1. The fourth-order valence-electron chi connectivity index (χ4n) is 5.96. The van der Waals surface area contributed by atoms with Crippen molar-refractivity contribution in [3.8, 4) is 0 Å². The van der Waals surface area contributed by atoms with Crippen LogP contribution < -0.4 is 4.72 Å². The molecule has 1 unspecified atom stereocenters. The Morgan fingerprint density at radius 1 is 1.10 bits per heavy atom. The number of amides is 1. The summed E-state index contributed by atoms with van der Waals surface area (Å²) in [5.74, 6) is -0.803. The second kappa shape index (κ2) is 12.1. The Hall–Kier alpha value is -2.43. The Bertz CT molecular complexity index is 1510. The molecule has 2 fully saturated rings. The number of sulfonamides is 1. The van der Waals surface area contributed by atoms with Gasteiger partial charge in [-0.15, -0.1) is 11.3 Å². The van der Waals surface area contributed by atoms with E-state index in [0.29, 0.717) is 16.5 Å². The van der Waals surface area contributed by atoms with Crippen LogP contribution >= 0.6 is 34.5 Å². The molecule has 2 heterocycles. The first-order chi connectivity index (χ1) is 19.5. The van der Waals surface area contributed by atoms with E-state index in [-0.39, 0.29) is 34.9 Å². The molecule has 4 atom stereocenters. The van der Waals surface area contributed by atoms with Crippen LogP contribution in [-0.4, -0.2) is 44.9 Å². The number of piperidine rings is 1. The van der Waals surface area contributed by atoms with Gasteiger partial charge in [-0.05, 0) is 72.0 Å². The Kier molecular flexibility index (Phi) is 8.83. The number of thiophene rings is 1. The summed E-state index contributed by atoms with van der Waals surface area (Å²) in [6.07, 6.45) is 2.03. The van der Waals surface area contributed by atoms with Crippen LogP contribution in [0.1, 0.15) is 55.7 Å². The van der Waals surface area contributed by atoms with E-state index in [0.717, 1.165) is 35.3 Å². The number of carbonyl (C=O) groups is 2. The maximum Gasteiger partial charge on any atom is 0.306 e. The summed E-state index contributed by atoms with van der Waals surface area (Å²) in [7, 11) is -2.45. The number of hydrogen-bond donors (Lipinski definition) is 1. The van der Waals surface area contributed by atoms with Gasteiger partial charge in [0, 0.05) is 28.5 Å². The SMILES string of the molecule is COC(=O)C[C@@]1(C)C[C@H](c2cccc(Cl)c2)C(c2ccc(Cl)cc2)N([C@H](CNS(=O)(=O)c2cccs2)C2CC2)C1=O. The molecule has 1 amide bonds. The smallest absolute Gasteiger partial charge is 0.306 e. The maximum absolute atomic E-state index is 14.6. The Morgan fingerprint density at radius 2 is 1.83 bits per heavy atom. The van der Waals surface area contributed by atoms with Crippen molar-refractivity contribution in [1.29, 1.82) is 0 Å². The number of rotatable bonds is 10. The van der Waals surface area contributed by atoms with Gasteiger partial charge in [-0.25, -0.2) is 13.1 Å². The van der Waals surface area contributed by atoms with Gasteiger partial charge < -0.3 is 9.64 Å². The second-order valence-electron chi connectivity index (χ2n) is 11.1. The average molecular weight is 636 g/mol. The predicted molar refractivity (Wildman–Crippen MR) is 161 cm³/mol. The van der Waals surface area contributed by atoms with Crippen molar-refractivity contribution in [1.82, 2.24) is 9.62 Å². The number of likely N-dealkylation sites (tertiary alicyclic amines) is 1. The molecule has 1 N–H and O–H groups in total. The molecule has 1 aliphatic heterocycles. The van der Waals surface area contributed by atoms with Gasteiger partial charge in [0.15, 0.2) is 0 Å². The number of hydrogen-bond acceptors (Lipinski definition) is 6. The molecule has 41 heavy (non-hydrogen) atoms. The third-order valence-corrected chi connectivity index (χ3v) is 11.4. The van der Waals surface area contributed by atoms with Crippen molar-refractivity contribution in [2.24, 2.45) is 11.3 Å². The molecule has 0 bridgehead atoms. The van der Waals surface area contributed by atoms with E-state index < -0.39 is 33.5 Å². The molecule has 2 aromatic carbocycles. The number of esters is 1. The molecular weight excluding hydrogens is 603 g/mol. The Balaban J connectivity index is 1.63. The van der Waals surface area contributed by atoms with Crippen LogP contribution in [0.5, 0.6) is 0 Å². The first-order valence-electron chi connectivity index (χ1n) is 13.5. The zero-order chi connectivity index (χ0) is 29.4. The highest BCUT2D eigenvalue weighted by Gasteiger charge is 2.54. The van der Waals surface area contributed by atoms with Gasteiger partial charge in [-0.1, -0.05) is 60.5 Å². The van der Waals surface area contributed by atoms with E-state index >= 15 is 0 Å². The normalized spacial score (nSPS) is 23.8. The van der Waals surface area contributed by atoms with E-state index in [4.69, 9.17) is 27.9 Å². The van der Waals surface area contributed by atoms with Crippen molar-refractivity contribution in [2.75, 3.05) is 13.7 Å². The van der Waals surface area contributed by atoms with E-state index in [9.17, 15) is 18.0 Å². The summed E-state index contributed by atoms with van der Waals surface area (Å²) in [5.41, 5.74) is 0.724. The van der Waals surface area contributed by atoms with Gasteiger partial charge in [0.05, 0.1) is 25.0 Å². The Morgan fingerprint density at radius 3 is 2.44 bits per heavy atom. The number of nitrogens with zero attached hydrogens (tertiary/aromatic N) is 1. The van der Waals surface area contributed by atoms with E-state index in [1.165, 1.54) is 7.11 Å². The third kappa shape index (κ3) is 6.49. The van der Waals surface area contributed by atoms with Gasteiger partial charge in [0.2, 0.25) is 15.9 Å². The predicted octanol–water partition coefficient (Wildman–Crippen LogP) is 6.44. The second-order valence-corrected chi connectivity index (χ2v) is 14.9. The molecule has 1 saturated carbocycles. The zero-order valence-corrected chi connectivity index (χ0v) is 25.9. The first kappa shape index (κ1) is 30.0. The molecule has 11 heteroatoms. The maximum atomic E-state index is 14.6. The zero-order valence-electron chi connectivity index (χ0n) is 22.8. The van der Waals surface area contributed by atoms with Crippen LogP contribution in [0.4, 0.5) is 0 Å². The van der Waals surface area contributed by atoms with Crippen LogP contribution in [0.25, 0.3) is 0 Å². The highest BCUT2D eigenvalue weighted by Crippen LogP contribution is 2.54. The molecule has 3 aromatic rings. The molecule has 2 aliphatic rings. The molecule has 1 aromatic heterocycles. The van der Waals surface area contributed by atoms with Crippen LogP contribution in [0.3, 0.4) is 0 Å². The van der Waals surface area contributed by atoms with E-state index in [2.05, 4.69) is 4.72 Å². The summed E-state index contributed by atoms with van der Waals surface area (Å²) < 4.78 is 34.3. The lowest BCUT2D eigenvalue weighted by molar-refractivity contribution is -0.162. The molecule has 5 rings (SSSR count). The van der Waals surface area contributed by atoms with Crippen molar-refractivity contribution >= 4 is 56.4 Å². The van der Waals surface area contributed by atoms with Crippen molar-refractivity contribution in [3.05, 3.63) is 87.2 Å². The van der Waals surface area contributed by atoms with Crippen molar-refractivity contribution in [3.63, 3.8) is 0 Å². The molecule has 1 aliphatic carbocycles. The quantitative estimate of drug-likeness (QED) is 0.259. The molecule has 218 valence electrons. The van der Waals surface area contributed by atoms with Crippen molar-refractivity contribution in [2.45, 2.75) is 54.8 Å². The van der Waals surface area contributed by atoms with Crippen molar-refractivity contribution < 1.29 is 22.7 Å². The van der Waals surface area contributed by atoms with Gasteiger partial charge >= 0.3 is 5.97 Å². The minimum atomic E-state index is -3.76. The minimum absolute atomic E-state index is 0.0529. The standard InChI is InChI=1S/C30H32Cl2N2O5S2/c1-30(17-26(35)39-2)16-24(21-5-3-6-23(32)15-21)28(20-10-12-22(31)13-11-20)34(29(30)36)25(19-8-9-19)18-33-41(37,38)27-7-4-14-40-27/h3-7,10-15,19,24-25,28,33H,8-9,16-18H2,1-2H3/t24-,25-,28?,30-/m1/s1. The van der Waals surface area contributed by atoms with Crippen LogP contribution in [-0.2, 0) is 24.3 Å². The van der Waals surface area contributed by atoms with E-state index in [1.807, 2.05) is 35.2 Å². The van der Waals surface area contributed by atoms with Gasteiger partial charge in [0.1, 0.15) is 4.21 Å². The molecule has 7 nitrogen and oxygen atoms in total. The summed E-state index contributed by atoms with van der Waals surface area (Å²) in [6.45, 7) is 1.85. The lowest BCUT2D eigenvalue weighted by atomic mass is 9.67. The lowest BCUT2D eigenvalue weighted by Crippen LogP contribution is -2.59. The fraction of sp³-hybridized carbons (Fsp3) is 0.400. The number of benzene rings is 2. The number of halogens is 2. The summed E-state index contributed by atoms with van der Waals surface area (Å²) in [6, 6.07) is 17.3. The summed E-state index contributed by atoms with van der Waals surface area (Å²) in [4.78, 5) is 29.1. The molecule has 0 radical (unpaired) electrons. The first-order valence-corrected chi connectivity index (χ1v) is 16.6. The number of ether oxygens (including phenoxy) is 1. The lowest BCUT2D eigenvalue weighted by Gasteiger charge is -2.52. The summed E-state index contributed by atoms with van der Waals surface area (Å²) in [5, 5.41) is 2.85. The monoisotopic (exact) mass is 634 g/mol. The van der Waals surface area contributed by atoms with Crippen LogP contribution in [0, 0.1) is 11.3 Å². The van der Waals surface area contributed by atoms with Gasteiger partial charge in [-0.3, -0.25) is 9.59 Å². The third-order valence-electron chi connectivity index (χ3n) is 8.12. The minimum Gasteiger partial charge on any atom is -0.469 e. The molecular formula is C30H32Cl2N2O5S2. The Labute approximate surface area is 254 Å². The number of carbonyl (C=O) groups excluding carboxylic acids is 2. The van der Waals surface area contributed by atoms with Gasteiger partial charge in [0.25, 0.3) is 0 Å². The molecule has 0 spiro atoms. The largest absolute Gasteiger partial charge is 0.469 e. The number of nitrogens with one attached hydrogen (secondary N) is 1. The van der Waals surface area contributed by atoms with Crippen LogP contribution in [0.2, 0.25) is 10.0 Å². The highest BCUT2D eigenvalue weighted by molar-refractivity contribution is 7.91. The van der Waals surface area contributed by atoms with Gasteiger partial charge in [-0.2, -0.15) is 0 Å². The fourth-order valence-corrected chi connectivity index (χ4v) is 8.37. The molecule has 1 saturated heterocycles. The van der Waals surface area contributed by atoms with E-state index in [1.54, 1.807) is 42.6 Å². The summed E-state index contributed by atoms with van der Waals surface area (Å²) >= 11 is 13.8.